The lowest BCUT2D eigenvalue weighted by molar-refractivity contribution is 0.0687. The van der Waals surface area contributed by atoms with Crippen LogP contribution in [0.15, 0.2) is 30.6 Å². The summed E-state index contributed by atoms with van der Waals surface area (Å²) in [5.74, 6) is 0.842. The maximum atomic E-state index is 12.6. The third-order valence-electron chi connectivity index (χ3n) is 4.43. The number of likely N-dealkylation sites (tertiary alicyclic amines) is 1. The van der Waals surface area contributed by atoms with Gasteiger partial charge in [0.25, 0.3) is 5.91 Å². The Morgan fingerprint density at radius 3 is 2.61 bits per heavy atom. The Balaban J connectivity index is 1.58. The molecule has 0 spiro atoms. The summed E-state index contributed by atoms with van der Waals surface area (Å²) in [4.78, 5) is 14.5. The van der Waals surface area contributed by atoms with Crippen LogP contribution in [0.4, 0.5) is 0 Å². The molecule has 0 bridgehead atoms. The topological polar surface area (TPSA) is 75.9 Å². The van der Waals surface area contributed by atoms with Crippen molar-refractivity contribution in [3.8, 4) is 5.69 Å². The lowest BCUT2D eigenvalue weighted by Crippen LogP contribution is -2.38. The fourth-order valence-corrected chi connectivity index (χ4v) is 2.99. The molecule has 7 heteroatoms. The number of aromatic nitrogens is 4. The van der Waals surface area contributed by atoms with Gasteiger partial charge in [-0.15, -0.1) is 5.10 Å². The zero-order chi connectivity index (χ0) is 16.1. The number of nitrogens with zero attached hydrogens (tertiary/aromatic N) is 5. The maximum absolute atomic E-state index is 12.6. The van der Waals surface area contributed by atoms with E-state index in [9.17, 15) is 4.79 Å². The molecule has 1 aromatic carbocycles. The van der Waals surface area contributed by atoms with Crippen LogP contribution in [0.3, 0.4) is 0 Å². The molecule has 1 aliphatic heterocycles. The maximum Gasteiger partial charge on any atom is 0.253 e. The van der Waals surface area contributed by atoms with E-state index < -0.39 is 0 Å². The molecule has 0 saturated carbocycles. The second-order valence-electron chi connectivity index (χ2n) is 5.93. The van der Waals surface area contributed by atoms with E-state index in [1.165, 1.54) is 12.7 Å². The minimum Gasteiger partial charge on any atom is -0.339 e. The minimum absolute atomic E-state index is 0.111. The number of hydrogen-bond donors (Lipinski definition) is 1. The van der Waals surface area contributed by atoms with Crippen molar-refractivity contribution in [3.05, 3.63) is 36.2 Å². The number of nitrogens with one attached hydrogen (secondary N) is 1. The van der Waals surface area contributed by atoms with Crippen LogP contribution in [0, 0.1) is 5.92 Å². The standard InChI is InChI=1S/C16H22N6O/c1-17-9-6-13-7-10-21(11-8-13)16(23)14-2-4-15(5-3-14)22-12-18-19-20-22/h2-5,12-13,17H,6-11H2,1H3. The number of benzene rings is 1. The molecular weight excluding hydrogens is 292 g/mol. The lowest BCUT2D eigenvalue weighted by atomic mass is 9.93. The van der Waals surface area contributed by atoms with E-state index in [0.29, 0.717) is 0 Å². The SMILES string of the molecule is CNCCC1CCN(C(=O)c2ccc(-n3cnnn3)cc2)CC1. The summed E-state index contributed by atoms with van der Waals surface area (Å²) in [6.07, 6.45) is 4.91. The summed E-state index contributed by atoms with van der Waals surface area (Å²) < 4.78 is 1.57. The molecule has 2 heterocycles. The number of amides is 1. The number of carbonyl (C=O) groups excluding carboxylic acids is 1. The first-order valence-electron chi connectivity index (χ1n) is 8.05. The Kier molecular flexibility index (Phi) is 4.97. The summed E-state index contributed by atoms with van der Waals surface area (Å²) in [5.41, 5.74) is 1.56. The van der Waals surface area contributed by atoms with Gasteiger partial charge in [0.1, 0.15) is 6.33 Å². The van der Waals surface area contributed by atoms with Gasteiger partial charge in [0.2, 0.25) is 0 Å². The summed E-state index contributed by atoms with van der Waals surface area (Å²) >= 11 is 0. The molecule has 1 aromatic heterocycles. The first-order valence-corrected chi connectivity index (χ1v) is 8.05. The van der Waals surface area contributed by atoms with E-state index in [1.807, 2.05) is 36.2 Å². The monoisotopic (exact) mass is 314 g/mol. The molecule has 23 heavy (non-hydrogen) atoms. The lowest BCUT2D eigenvalue weighted by Gasteiger charge is -2.32. The quantitative estimate of drug-likeness (QED) is 0.895. The van der Waals surface area contributed by atoms with Crippen molar-refractivity contribution >= 4 is 5.91 Å². The van der Waals surface area contributed by atoms with Crippen LogP contribution in [0.25, 0.3) is 5.69 Å². The molecule has 7 nitrogen and oxygen atoms in total. The van der Waals surface area contributed by atoms with E-state index in [-0.39, 0.29) is 5.91 Å². The zero-order valence-corrected chi connectivity index (χ0v) is 13.4. The molecule has 0 unspecified atom stereocenters. The third kappa shape index (κ3) is 3.73. The molecule has 1 aliphatic rings. The van der Waals surface area contributed by atoms with Crippen molar-refractivity contribution in [1.29, 1.82) is 0 Å². The molecule has 1 fully saturated rings. The van der Waals surface area contributed by atoms with Gasteiger partial charge in [-0.3, -0.25) is 4.79 Å². The number of carbonyl (C=O) groups is 1. The summed E-state index contributed by atoms with van der Waals surface area (Å²) in [5, 5.41) is 14.3. The van der Waals surface area contributed by atoms with Crippen molar-refractivity contribution < 1.29 is 4.79 Å². The first kappa shape index (κ1) is 15.6. The highest BCUT2D eigenvalue weighted by Crippen LogP contribution is 2.21. The van der Waals surface area contributed by atoms with Crippen LogP contribution in [0.5, 0.6) is 0 Å². The predicted molar refractivity (Wildman–Crippen MR) is 86.3 cm³/mol. The molecular formula is C16H22N6O. The first-order chi connectivity index (χ1) is 11.3. The van der Waals surface area contributed by atoms with Gasteiger partial charge in [-0.05, 0) is 73.5 Å². The van der Waals surface area contributed by atoms with Crippen LogP contribution in [0.1, 0.15) is 29.6 Å². The van der Waals surface area contributed by atoms with E-state index in [2.05, 4.69) is 20.8 Å². The Bertz CT molecular complexity index is 617. The van der Waals surface area contributed by atoms with Gasteiger partial charge in [0.05, 0.1) is 5.69 Å². The van der Waals surface area contributed by atoms with Gasteiger partial charge in [-0.2, -0.15) is 0 Å². The van der Waals surface area contributed by atoms with Gasteiger partial charge < -0.3 is 10.2 Å². The number of rotatable bonds is 5. The van der Waals surface area contributed by atoms with Gasteiger partial charge >= 0.3 is 0 Å². The summed E-state index contributed by atoms with van der Waals surface area (Å²) in [6, 6.07) is 7.41. The van der Waals surface area contributed by atoms with Crippen molar-refractivity contribution in [2.75, 3.05) is 26.7 Å². The summed E-state index contributed by atoms with van der Waals surface area (Å²) in [7, 11) is 1.98. The molecule has 3 rings (SSSR count). The average molecular weight is 314 g/mol. The van der Waals surface area contributed by atoms with Gasteiger partial charge in [-0.1, -0.05) is 0 Å². The second kappa shape index (κ2) is 7.32. The van der Waals surface area contributed by atoms with Crippen molar-refractivity contribution in [1.82, 2.24) is 30.4 Å². The fraction of sp³-hybridized carbons (Fsp3) is 0.500. The Hall–Kier alpha value is -2.28. The Labute approximate surface area is 135 Å². The van der Waals surface area contributed by atoms with Gasteiger partial charge in [-0.25, -0.2) is 4.68 Å². The van der Waals surface area contributed by atoms with Crippen LogP contribution in [-0.4, -0.2) is 57.7 Å². The van der Waals surface area contributed by atoms with Crippen LogP contribution in [-0.2, 0) is 0 Å². The minimum atomic E-state index is 0.111. The smallest absolute Gasteiger partial charge is 0.253 e. The second-order valence-corrected chi connectivity index (χ2v) is 5.93. The number of piperidine rings is 1. The fourth-order valence-electron chi connectivity index (χ4n) is 2.99. The zero-order valence-electron chi connectivity index (χ0n) is 13.4. The number of tetrazole rings is 1. The average Bonchev–Trinajstić information content (AvgIpc) is 3.14. The Morgan fingerprint density at radius 1 is 1.26 bits per heavy atom. The Morgan fingerprint density at radius 2 is 2.00 bits per heavy atom. The van der Waals surface area contributed by atoms with Gasteiger partial charge in [0, 0.05) is 18.7 Å². The van der Waals surface area contributed by atoms with Crippen LogP contribution < -0.4 is 5.32 Å². The normalized spacial score (nSPS) is 15.8. The third-order valence-corrected chi connectivity index (χ3v) is 4.43. The molecule has 1 N–H and O–H groups in total. The molecule has 0 aliphatic carbocycles. The van der Waals surface area contributed by atoms with Crippen molar-refractivity contribution in [2.45, 2.75) is 19.3 Å². The molecule has 1 amide bonds. The molecule has 1 saturated heterocycles. The predicted octanol–water partition coefficient (Wildman–Crippen LogP) is 1.12. The molecule has 0 radical (unpaired) electrons. The summed E-state index contributed by atoms with van der Waals surface area (Å²) in [6.45, 7) is 2.75. The van der Waals surface area contributed by atoms with E-state index in [4.69, 9.17) is 0 Å². The van der Waals surface area contributed by atoms with Gasteiger partial charge in [0.15, 0.2) is 0 Å². The van der Waals surface area contributed by atoms with E-state index in [0.717, 1.165) is 49.6 Å². The molecule has 122 valence electrons. The number of hydrogen-bond acceptors (Lipinski definition) is 5. The van der Waals surface area contributed by atoms with E-state index in [1.54, 1.807) is 4.68 Å². The van der Waals surface area contributed by atoms with E-state index >= 15 is 0 Å². The highest BCUT2D eigenvalue weighted by atomic mass is 16.2. The van der Waals surface area contributed by atoms with Crippen LogP contribution >= 0.6 is 0 Å². The molecule has 0 atom stereocenters. The van der Waals surface area contributed by atoms with Crippen molar-refractivity contribution in [3.63, 3.8) is 0 Å². The highest BCUT2D eigenvalue weighted by molar-refractivity contribution is 5.94. The molecule has 2 aromatic rings. The largest absolute Gasteiger partial charge is 0.339 e. The van der Waals surface area contributed by atoms with Crippen LogP contribution in [0.2, 0.25) is 0 Å². The van der Waals surface area contributed by atoms with Crippen molar-refractivity contribution in [2.24, 2.45) is 5.92 Å². The highest BCUT2D eigenvalue weighted by Gasteiger charge is 2.23.